The molecule has 1 amide bonds. The van der Waals surface area contributed by atoms with Crippen LogP contribution in [0, 0.1) is 5.92 Å². The van der Waals surface area contributed by atoms with Crippen molar-refractivity contribution in [1.29, 1.82) is 0 Å². The first-order valence-electron chi connectivity index (χ1n) is 7.57. The van der Waals surface area contributed by atoms with Crippen molar-refractivity contribution in [3.63, 3.8) is 0 Å². The Labute approximate surface area is 136 Å². The van der Waals surface area contributed by atoms with Crippen LogP contribution in [0.15, 0.2) is 24.3 Å². The summed E-state index contributed by atoms with van der Waals surface area (Å²) in [6.07, 6.45) is 0.568. The second-order valence-electron chi connectivity index (χ2n) is 6.20. The minimum absolute atomic E-state index is 0.127. The van der Waals surface area contributed by atoms with E-state index >= 15 is 0 Å². The van der Waals surface area contributed by atoms with Gasteiger partial charge >= 0.3 is 0 Å². The molecule has 120 valence electrons. The van der Waals surface area contributed by atoms with E-state index in [0.717, 1.165) is 24.4 Å². The molecule has 5 heteroatoms. The van der Waals surface area contributed by atoms with Gasteiger partial charge in [0.1, 0.15) is 0 Å². The van der Waals surface area contributed by atoms with Gasteiger partial charge in [0.05, 0.1) is 0 Å². The molecule has 4 nitrogen and oxygen atoms in total. The molecule has 1 fully saturated rings. The maximum absolute atomic E-state index is 12.1. The summed E-state index contributed by atoms with van der Waals surface area (Å²) in [6, 6.07) is 8.45. The third-order valence-corrected chi connectivity index (χ3v) is 4.76. The van der Waals surface area contributed by atoms with Crippen molar-refractivity contribution >= 4 is 22.8 Å². The van der Waals surface area contributed by atoms with Crippen molar-refractivity contribution in [2.24, 2.45) is 5.92 Å². The predicted octanol–water partition coefficient (Wildman–Crippen LogP) is 2.38. The van der Waals surface area contributed by atoms with Crippen LogP contribution in [0.1, 0.15) is 24.5 Å². The number of nitrogens with zero attached hydrogens (tertiary/aromatic N) is 2. The Kier molecular flexibility index (Phi) is 6.03. The van der Waals surface area contributed by atoms with E-state index in [1.807, 2.05) is 4.90 Å². The molecule has 0 spiro atoms. The van der Waals surface area contributed by atoms with Gasteiger partial charge in [0, 0.05) is 38.7 Å². The molecule has 0 aromatic heterocycles. The van der Waals surface area contributed by atoms with E-state index in [1.54, 1.807) is 6.92 Å². The second-order valence-corrected chi connectivity index (χ2v) is 7.40. The zero-order valence-electron chi connectivity index (χ0n) is 13.5. The summed E-state index contributed by atoms with van der Waals surface area (Å²) in [5.41, 5.74) is 2.44. The third-order valence-electron chi connectivity index (χ3n) is 3.71. The van der Waals surface area contributed by atoms with E-state index in [4.69, 9.17) is 0 Å². The molecule has 1 saturated heterocycles. The summed E-state index contributed by atoms with van der Waals surface area (Å²) < 4.78 is 0. The van der Waals surface area contributed by atoms with Gasteiger partial charge in [-0.2, -0.15) is 0 Å². The van der Waals surface area contributed by atoms with Crippen molar-refractivity contribution in [1.82, 2.24) is 9.80 Å². The Morgan fingerprint density at radius 2 is 1.91 bits per heavy atom. The lowest BCUT2D eigenvalue weighted by Crippen LogP contribution is -2.24. The van der Waals surface area contributed by atoms with Gasteiger partial charge in [-0.3, -0.25) is 9.59 Å². The Morgan fingerprint density at radius 3 is 2.50 bits per heavy atom. The SMILES string of the molecule is CC(=O)SCC1CC(=O)N(Cc2ccc(CN(C)C)cc2)C1. The third kappa shape index (κ3) is 5.14. The van der Waals surface area contributed by atoms with Gasteiger partial charge in [-0.15, -0.1) is 0 Å². The number of hydrogen-bond acceptors (Lipinski definition) is 4. The van der Waals surface area contributed by atoms with Gasteiger partial charge in [-0.25, -0.2) is 0 Å². The molecule has 2 rings (SSSR count). The smallest absolute Gasteiger partial charge is 0.223 e. The number of rotatable bonds is 6. The maximum atomic E-state index is 12.1. The van der Waals surface area contributed by atoms with Gasteiger partial charge in [0.25, 0.3) is 0 Å². The fraction of sp³-hybridized carbons (Fsp3) is 0.529. The summed E-state index contributed by atoms with van der Waals surface area (Å²) in [5, 5.41) is 0.127. The molecule has 1 heterocycles. The zero-order valence-corrected chi connectivity index (χ0v) is 14.4. The largest absolute Gasteiger partial charge is 0.338 e. The highest BCUT2D eigenvalue weighted by Gasteiger charge is 2.29. The number of thioether (sulfide) groups is 1. The lowest BCUT2D eigenvalue weighted by molar-refractivity contribution is -0.128. The molecule has 1 aromatic rings. The van der Waals surface area contributed by atoms with Crippen molar-refractivity contribution in [2.45, 2.75) is 26.4 Å². The standard InChI is InChI=1S/C17H24N2O2S/c1-13(20)22-12-16-8-17(21)19(11-16)10-15-6-4-14(5-7-15)9-18(2)3/h4-7,16H,8-12H2,1-3H3. The topological polar surface area (TPSA) is 40.6 Å². The first-order valence-corrected chi connectivity index (χ1v) is 8.56. The van der Waals surface area contributed by atoms with Gasteiger partial charge in [0.15, 0.2) is 5.12 Å². The minimum Gasteiger partial charge on any atom is -0.338 e. The fourth-order valence-corrected chi connectivity index (χ4v) is 3.38. The highest BCUT2D eigenvalue weighted by Crippen LogP contribution is 2.24. The van der Waals surface area contributed by atoms with Crippen LogP contribution < -0.4 is 0 Å². The molecule has 1 atom stereocenters. The van der Waals surface area contributed by atoms with E-state index in [9.17, 15) is 9.59 Å². The maximum Gasteiger partial charge on any atom is 0.223 e. The Morgan fingerprint density at radius 1 is 1.27 bits per heavy atom. The van der Waals surface area contributed by atoms with Gasteiger partial charge < -0.3 is 9.80 Å². The van der Waals surface area contributed by atoms with E-state index in [2.05, 4.69) is 43.3 Å². The highest BCUT2D eigenvalue weighted by molar-refractivity contribution is 8.13. The summed E-state index contributed by atoms with van der Waals surface area (Å²) in [5.74, 6) is 1.25. The zero-order chi connectivity index (χ0) is 16.1. The van der Waals surface area contributed by atoms with Crippen LogP contribution in [0.3, 0.4) is 0 Å². The average molecular weight is 320 g/mol. The summed E-state index contributed by atoms with van der Waals surface area (Å²) in [4.78, 5) is 27.1. The van der Waals surface area contributed by atoms with Crippen molar-refractivity contribution in [2.75, 3.05) is 26.4 Å². The molecule has 1 aliphatic rings. The molecule has 0 aliphatic carbocycles. The first-order chi connectivity index (χ1) is 10.4. The summed E-state index contributed by atoms with van der Waals surface area (Å²) in [7, 11) is 4.10. The quantitative estimate of drug-likeness (QED) is 0.807. The van der Waals surface area contributed by atoms with Crippen LogP contribution in [0.4, 0.5) is 0 Å². The number of carbonyl (C=O) groups is 2. The lowest BCUT2D eigenvalue weighted by Gasteiger charge is -2.17. The summed E-state index contributed by atoms with van der Waals surface area (Å²) >= 11 is 1.32. The van der Waals surface area contributed by atoms with E-state index in [0.29, 0.717) is 18.9 Å². The number of carbonyl (C=O) groups excluding carboxylic acids is 2. The molecule has 1 unspecified atom stereocenters. The van der Waals surface area contributed by atoms with Crippen molar-refractivity contribution in [3.8, 4) is 0 Å². The minimum atomic E-state index is 0.127. The van der Waals surface area contributed by atoms with Crippen LogP contribution in [-0.4, -0.2) is 47.2 Å². The van der Waals surface area contributed by atoms with Crippen molar-refractivity contribution < 1.29 is 9.59 Å². The van der Waals surface area contributed by atoms with E-state index in [-0.39, 0.29) is 11.0 Å². The molecule has 0 N–H and O–H groups in total. The van der Waals surface area contributed by atoms with Crippen molar-refractivity contribution in [3.05, 3.63) is 35.4 Å². The van der Waals surface area contributed by atoms with Crippen LogP contribution in [-0.2, 0) is 22.7 Å². The molecule has 1 aliphatic heterocycles. The predicted molar refractivity (Wildman–Crippen MR) is 90.5 cm³/mol. The van der Waals surface area contributed by atoms with Gasteiger partial charge in [-0.05, 0) is 31.1 Å². The number of benzene rings is 1. The van der Waals surface area contributed by atoms with Gasteiger partial charge in [-0.1, -0.05) is 36.0 Å². The number of hydrogen-bond donors (Lipinski definition) is 0. The Bertz CT molecular complexity index is 528. The van der Waals surface area contributed by atoms with Crippen LogP contribution in [0.2, 0.25) is 0 Å². The molecule has 0 bridgehead atoms. The van der Waals surface area contributed by atoms with Crippen LogP contribution in [0.25, 0.3) is 0 Å². The van der Waals surface area contributed by atoms with Crippen LogP contribution in [0.5, 0.6) is 0 Å². The fourth-order valence-electron chi connectivity index (χ4n) is 2.69. The monoisotopic (exact) mass is 320 g/mol. The number of likely N-dealkylation sites (tertiary alicyclic amines) is 1. The molecule has 0 radical (unpaired) electrons. The van der Waals surface area contributed by atoms with Gasteiger partial charge in [0.2, 0.25) is 5.91 Å². The Balaban J connectivity index is 1.87. The molecule has 1 aromatic carbocycles. The van der Waals surface area contributed by atoms with E-state index < -0.39 is 0 Å². The normalized spacial score (nSPS) is 18.3. The molecule has 0 saturated carbocycles. The lowest BCUT2D eigenvalue weighted by atomic mass is 10.1. The Hall–Kier alpha value is -1.33. The first kappa shape index (κ1) is 17.0. The molecule has 22 heavy (non-hydrogen) atoms. The average Bonchev–Trinajstić information content (AvgIpc) is 2.79. The van der Waals surface area contributed by atoms with Crippen LogP contribution >= 0.6 is 11.8 Å². The second kappa shape index (κ2) is 7.79. The van der Waals surface area contributed by atoms with E-state index in [1.165, 1.54) is 17.3 Å². The molecular formula is C17H24N2O2S. The summed E-state index contributed by atoms with van der Waals surface area (Å²) in [6.45, 7) is 3.93. The molecular weight excluding hydrogens is 296 g/mol. The number of amides is 1. The highest BCUT2D eigenvalue weighted by atomic mass is 32.2.